The van der Waals surface area contributed by atoms with Crippen molar-refractivity contribution >= 4 is 12.4 Å². The molecule has 266 valence electrons. The van der Waals surface area contributed by atoms with Gasteiger partial charge in [0.2, 0.25) is 0 Å². The Morgan fingerprint density at radius 2 is 1.62 bits per heavy atom. The average Bonchev–Trinajstić information content (AvgIpc) is 2.99. The largest absolute Gasteiger partial charge is 0.481 e. The molecule has 5 fully saturated rings. The van der Waals surface area contributed by atoms with Crippen molar-refractivity contribution in [3.05, 3.63) is 11.6 Å². The van der Waals surface area contributed by atoms with E-state index in [1.807, 2.05) is 0 Å². The molecule has 0 aromatic carbocycles. The molecule has 1 saturated heterocycles. The Morgan fingerprint density at radius 1 is 0.936 bits per heavy atom. The summed E-state index contributed by atoms with van der Waals surface area (Å²) in [7, 11) is 0. The van der Waals surface area contributed by atoms with E-state index in [9.17, 15) is 35.1 Å². The van der Waals surface area contributed by atoms with Crippen molar-refractivity contribution in [2.24, 2.45) is 56.2 Å². The summed E-state index contributed by atoms with van der Waals surface area (Å²) in [6.07, 6.45) is 3.62. The van der Waals surface area contributed by atoms with Crippen LogP contribution in [0.4, 0.5) is 0 Å². The lowest BCUT2D eigenvalue weighted by atomic mass is 9.33. The zero-order valence-corrected chi connectivity index (χ0v) is 29.6. The molecule has 0 bridgehead atoms. The molecule has 6 rings (SSSR count). The van der Waals surface area contributed by atoms with E-state index in [1.54, 1.807) is 0 Å². The number of carboxylic acids is 1. The number of fused-ring (bicyclic) bond motifs is 7. The van der Waals surface area contributed by atoms with E-state index >= 15 is 0 Å². The number of ether oxygens (including phenoxy) is 2. The second kappa shape index (κ2) is 11.5. The van der Waals surface area contributed by atoms with Crippen LogP contribution in [0.5, 0.6) is 0 Å². The molecular weight excluding hydrogens is 600 g/mol. The number of rotatable bonds is 6. The van der Waals surface area contributed by atoms with Gasteiger partial charge in [-0.05, 0) is 115 Å². The van der Waals surface area contributed by atoms with Crippen molar-refractivity contribution in [3.8, 4) is 0 Å². The van der Waals surface area contributed by atoms with Crippen molar-refractivity contribution in [1.29, 1.82) is 0 Å². The number of aliphatic carboxylic acids is 1. The predicted octanol–water partition coefficient (Wildman–Crippen LogP) is 4.87. The van der Waals surface area contributed by atoms with Crippen molar-refractivity contribution in [1.82, 2.24) is 0 Å². The number of aliphatic hydroxyl groups is 4. The van der Waals surface area contributed by atoms with Crippen molar-refractivity contribution in [2.45, 2.75) is 149 Å². The molecule has 4 saturated carbocycles. The third-order valence-electron chi connectivity index (χ3n) is 16.0. The quantitative estimate of drug-likeness (QED) is 0.198. The first-order valence-electron chi connectivity index (χ1n) is 18.2. The van der Waals surface area contributed by atoms with Crippen LogP contribution in [-0.2, 0) is 19.1 Å². The first kappa shape index (κ1) is 35.3. The zero-order chi connectivity index (χ0) is 34.5. The zero-order valence-electron chi connectivity index (χ0n) is 29.6. The molecule has 0 spiro atoms. The van der Waals surface area contributed by atoms with Gasteiger partial charge in [0.05, 0.1) is 11.5 Å². The van der Waals surface area contributed by atoms with Crippen LogP contribution in [0, 0.1) is 56.2 Å². The highest BCUT2D eigenvalue weighted by molar-refractivity contribution is 5.76. The minimum absolute atomic E-state index is 0.00693. The summed E-state index contributed by atoms with van der Waals surface area (Å²) < 4.78 is 10.8. The summed E-state index contributed by atoms with van der Waals surface area (Å²) in [5.41, 5.74) is 0.499. The Bertz CT molecular complexity index is 1280. The highest BCUT2D eigenvalue weighted by Gasteiger charge is 2.70. The van der Waals surface area contributed by atoms with Crippen molar-refractivity contribution in [3.63, 3.8) is 0 Å². The Morgan fingerprint density at radius 3 is 2.28 bits per heavy atom. The highest BCUT2D eigenvalue weighted by atomic mass is 16.6. The van der Waals surface area contributed by atoms with Gasteiger partial charge >= 0.3 is 5.97 Å². The molecule has 5 N–H and O–H groups in total. The Balaban J connectivity index is 1.29. The highest BCUT2D eigenvalue weighted by Crippen LogP contribution is 2.76. The lowest BCUT2D eigenvalue weighted by Gasteiger charge is -2.71. The molecule has 1 aliphatic heterocycles. The topological polar surface area (TPSA) is 154 Å². The molecule has 1 heterocycles. The van der Waals surface area contributed by atoms with Gasteiger partial charge in [-0.2, -0.15) is 0 Å². The fourth-order valence-corrected chi connectivity index (χ4v) is 13.0. The second-order valence-electron chi connectivity index (χ2n) is 18.7. The van der Waals surface area contributed by atoms with Crippen LogP contribution in [0.25, 0.3) is 0 Å². The van der Waals surface area contributed by atoms with Crippen LogP contribution < -0.4 is 0 Å². The van der Waals surface area contributed by atoms with Gasteiger partial charge < -0.3 is 35.0 Å². The molecule has 9 heteroatoms. The fourth-order valence-electron chi connectivity index (χ4n) is 13.0. The van der Waals surface area contributed by atoms with E-state index in [1.165, 1.54) is 5.57 Å². The van der Waals surface area contributed by atoms with Crippen LogP contribution in [0.2, 0.25) is 0 Å². The smallest absolute Gasteiger partial charge is 0.310 e. The molecule has 0 amide bonds. The average molecular weight is 661 g/mol. The molecular formula is C38H60O9. The number of hydrogen-bond donors (Lipinski definition) is 5. The normalized spacial score (nSPS) is 50.8. The number of carboxylic acid groups (broad SMARTS) is 1. The summed E-state index contributed by atoms with van der Waals surface area (Å²) >= 11 is 0. The van der Waals surface area contributed by atoms with Gasteiger partial charge in [-0.15, -0.1) is 0 Å². The van der Waals surface area contributed by atoms with Gasteiger partial charge in [0, 0.05) is 0 Å². The molecule has 0 radical (unpaired) electrons. The van der Waals surface area contributed by atoms with Gasteiger partial charge in [0.1, 0.15) is 37.1 Å². The summed E-state index contributed by atoms with van der Waals surface area (Å²) in [5.74, 6) is -0.0582. The number of carbonyl (C=O) groups is 2. The van der Waals surface area contributed by atoms with Gasteiger partial charge in [0.15, 0.2) is 0 Å². The van der Waals surface area contributed by atoms with Gasteiger partial charge in [-0.3, -0.25) is 9.59 Å². The van der Waals surface area contributed by atoms with E-state index < -0.39 is 48.0 Å². The molecule has 5 aliphatic carbocycles. The number of aliphatic hydroxyl groups excluding tert-OH is 4. The molecule has 0 aromatic heterocycles. The van der Waals surface area contributed by atoms with Crippen LogP contribution in [0.15, 0.2) is 11.6 Å². The third kappa shape index (κ3) is 4.94. The molecule has 14 atom stereocenters. The van der Waals surface area contributed by atoms with Gasteiger partial charge in [-0.25, -0.2) is 0 Å². The standard InChI is InChI=1S/C38H60O9/c1-33(2)14-16-38(32(44)45)17-15-36(6)21(23(38)18-33)8-9-26-35(5)12-10-22(34(3,4)25(35)11-13-37(26,36)7)27(40)31-30(43)29(42)28(41)24(47-31)19-46-20-39/h8,20,22-31,40-43H,9-19H2,1-7H3,(H,44,45)/t22-,23?,24?,25?,26?,27+,28-,29+,30?,31+,35+,36-,37-,38+/m1/s1. The molecule has 47 heavy (non-hydrogen) atoms. The maximum absolute atomic E-state index is 13.0. The van der Waals surface area contributed by atoms with Gasteiger partial charge in [-0.1, -0.05) is 60.1 Å². The minimum Gasteiger partial charge on any atom is -0.481 e. The number of hydrogen-bond acceptors (Lipinski definition) is 8. The SMILES string of the molecule is CC1(C)CC[C@]2(C(=O)O)CC[C@]3(C)C(=CCC4[C@@]5(C)CC[C@H]([C@H](O)[C@@H]6OC(COC=O)[C@@H](O)[C@H](O)C6O)C(C)(C)C5CC[C@]43C)C2C1. The van der Waals surface area contributed by atoms with Crippen LogP contribution >= 0.6 is 0 Å². The predicted molar refractivity (Wildman–Crippen MR) is 175 cm³/mol. The first-order chi connectivity index (χ1) is 21.8. The lowest BCUT2D eigenvalue weighted by molar-refractivity contribution is -0.268. The summed E-state index contributed by atoms with van der Waals surface area (Å²) in [4.78, 5) is 23.8. The third-order valence-corrected chi connectivity index (χ3v) is 16.0. The monoisotopic (exact) mass is 660 g/mol. The lowest BCUT2D eigenvalue weighted by Crippen LogP contribution is -2.67. The molecule has 0 aromatic rings. The van der Waals surface area contributed by atoms with Gasteiger partial charge in [0.25, 0.3) is 6.47 Å². The number of carbonyl (C=O) groups excluding carboxylic acids is 1. The summed E-state index contributed by atoms with van der Waals surface area (Å²) in [5, 5.41) is 54.6. The molecule has 9 nitrogen and oxygen atoms in total. The van der Waals surface area contributed by atoms with Crippen molar-refractivity contribution in [2.75, 3.05) is 6.61 Å². The van der Waals surface area contributed by atoms with E-state index in [0.717, 1.165) is 64.2 Å². The van der Waals surface area contributed by atoms with E-state index in [4.69, 9.17) is 9.47 Å². The van der Waals surface area contributed by atoms with Crippen molar-refractivity contribution < 1.29 is 44.6 Å². The Kier molecular flexibility index (Phi) is 8.65. The Labute approximate surface area is 280 Å². The molecule has 6 aliphatic rings. The van der Waals surface area contributed by atoms with Crippen LogP contribution in [-0.4, -0.2) is 81.2 Å². The maximum atomic E-state index is 13.0. The maximum Gasteiger partial charge on any atom is 0.310 e. The molecule has 5 unspecified atom stereocenters. The van der Waals surface area contributed by atoms with E-state index in [0.29, 0.717) is 11.8 Å². The summed E-state index contributed by atoms with van der Waals surface area (Å²) in [6.45, 7) is 16.5. The summed E-state index contributed by atoms with van der Waals surface area (Å²) in [6, 6.07) is 0. The van der Waals surface area contributed by atoms with Crippen LogP contribution in [0.1, 0.15) is 113 Å². The first-order valence-corrected chi connectivity index (χ1v) is 18.2. The Hall–Kier alpha value is -1.52. The fraction of sp³-hybridized carbons (Fsp3) is 0.895. The van der Waals surface area contributed by atoms with Crippen LogP contribution in [0.3, 0.4) is 0 Å². The van der Waals surface area contributed by atoms with E-state index in [2.05, 4.69) is 54.5 Å². The van der Waals surface area contributed by atoms with E-state index in [-0.39, 0.29) is 52.0 Å². The second-order valence-corrected chi connectivity index (χ2v) is 18.7. The number of allylic oxidation sites excluding steroid dienone is 2. The minimum atomic E-state index is -1.54.